The third-order valence-electron chi connectivity index (χ3n) is 6.11. The predicted octanol–water partition coefficient (Wildman–Crippen LogP) is 6.10. The van der Waals surface area contributed by atoms with Crippen molar-refractivity contribution in [3.63, 3.8) is 0 Å². The zero-order valence-corrected chi connectivity index (χ0v) is 21.3. The molecule has 5 rings (SSSR count). The van der Waals surface area contributed by atoms with Crippen molar-refractivity contribution >= 4 is 55.7 Å². The number of ether oxygens (including phenoxy) is 1. The highest BCUT2D eigenvalue weighted by molar-refractivity contribution is 7.22. The number of fused-ring (bicyclic) bond motifs is 1. The fourth-order valence-corrected chi connectivity index (χ4v) is 5.44. The van der Waals surface area contributed by atoms with Gasteiger partial charge in [-0.15, -0.1) is 0 Å². The number of carbonyl (C=O) groups is 2. The van der Waals surface area contributed by atoms with Crippen LogP contribution in [0.4, 0.5) is 5.13 Å². The Labute approximate surface area is 216 Å². The Morgan fingerprint density at radius 3 is 2.64 bits per heavy atom. The number of thiazole rings is 1. The number of aromatic nitrogens is 2. The summed E-state index contributed by atoms with van der Waals surface area (Å²) in [7, 11) is 1.45. The number of methoxy groups -OCH3 is 1. The molecule has 0 bridgehead atoms. The van der Waals surface area contributed by atoms with E-state index in [9.17, 15) is 14.7 Å². The molecule has 1 aliphatic heterocycles. The van der Waals surface area contributed by atoms with Gasteiger partial charge in [-0.25, -0.2) is 4.98 Å². The Morgan fingerprint density at radius 2 is 1.94 bits per heavy atom. The van der Waals surface area contributed by atoms with Gasteiger partial charge >= 0.3 is 5.91 Å². The second-order valence-corrected chi connectivity index (χ2v) is 10.1. The normalized spacial score (nSPS) is 17.4. The minimum atomic E-state index is -0.960. The molecule has 1 N–H and O–H groups in total. The van der Waals surface area contributed by atoms with Crippen LogP contribution in [0.5, 0.6) is 5.75 Å². The number of halogens is 1. The number of anilines is 1. The van der Waals surface area contributed by atoms with Gasteiger partial charge in [-0.1, -0.05) is 48.9 Å². The van der Waals surface area contributed by atoms with Crippen molar-refractivity contribution in [3.05, 3.63) is 88.2 Å². The van der Waals surface area contributed by atoms with Crippen molar-refractivity contribution in [1.29, 1.82) is 0 Å². The highest BCUT2D eigenvalue weighted by Gasteiger charge is 2.48. The Balaban J connectivity index is 1.70. The molecule has 0 aliphatic carbocycles. The largest absolute Gasteiger partial charge is 0.507 e. The van der Waals surface area contributed by atoms with Crippen LogP contribution in [0.2, 0.25) is 5.02 Å². The molecular formula is C27H22ClN3O4S. The molecule has 1 amide bonds. The Hall–Kier alpha value is -3.75. The quantitative estimate of drug-likeness (QED) is 0.194. The first kappa shape index (κ1) is 24.0. The van der Waals surface area contributed by atoms with E-state index in [4.69, 9.17) is 16.3 Å². The number of Topliss-reactive ketones (excluding diaryl/α,β-unsaturated/α-hetero) is 1. The van der Waals surface area contributed by atoms with Crippen LogP contribution in [0.25, 0.3) is 16.0 Å². The van der Waals surface area contributed by atoms with Crippen molar-refractivity contribution in [2.45, 2.75) is 25.8 Å². The van der Waals surface area contributed by atoms with Crippen molar-refractivity contribution < 1.29 is 19.4 Å². The molecular weight excluding hydrogens is 498 g/mol. The lowest BCUT2D eigenvalue weighted by molar-refractivity contribution is -0.132. The summed E-state index contributed by atoms with van der Waals surface area (Å²) in [4.78, 5) is 37.1. The van der Waals surface area contributed by atoms with Crippen molar-refractivity contribution in [1.82, 2.24) is 9.97 Å². The Kier molecular flexibility index (Phi) is 6.24. The summed E-state index contributed by atoms with van der Waals surface area (Å²) in [6, 6.07) is 14.9. The van der Waals surface area contributed by atoms with E-state index >= 15 is 0 Å². The number of benzene rings is 2. The molecule has 2 aromatic carbocycles. The number of ketones is 1. The number of carbonyl (C=O) groups excluding carboxylic acids is 2. The van der Waals surface area contributed by atoms with Gasteiger partial charge < -0.3 is 9.84 Å². The van der Waals surface area contributed by atoms with E-state index in [1.807, 2.05) is 18.2 Å². The summed E-state index contributed by atoms with van der Waals surface area (Å²) in [5, 5.41) is 12.0. The van der Waals surface area contributed by atoms with Crippen LogP contribution in [0, 0.1) is 0 Å². The number of hydrogen-bond donors (Lipinski definition) is 1. The van der Waals surface area contributed by atoms with E-state index < -0.39 is 17.7 Å². The number of nitrogens with zero attached hydrogens (tertiary/aromatic N) is 3. The molecule has 1 atom stereocenters. The van der Waals surface area contributed by atoms with E-state index in [2.05, 4.69) is 23.8 Å². The Bertz CT molecular complexity index is 1530. The number of pyridine rings is 1. The second kappa shape index (κ2) is 9.37. The molecule has 36 heavy (non-hydrogen) atoms. The van der Waals surface area contributed by atoms with Crippen LogP contribution in [0.3, 0.4) is 0 Å². The van der Waals surface area contributed by atoms with Gasteiger partial charge in [0.05, 0.1) is 33.6 Å². The number of hydrogen-bond acceptors (Lipinski definition) is 7. The maximum atomic E-state index is 13.4. The third-order valence-corrected chi connectivity index (χ3v) is 7.44. The summed E-state index contributed by atoms with van der Waals surface area (Å²) in [6.45, 7) is 4.21. The topological polar surface area (TPSA) is 92.6 Å². The zero-order valence-electron chi connectivity index (χ0n) is 19.7. The number of rotatable bonds is 5. The summed E-state index contributed by atoms with van der Waals surface area (Å²) >= 11 is 7.46. The van der Waals surface area contributed by atoms with Crippen LogP contribution in [0.1, 0.15) is 42.6 Å². The molecule has 1 unspecified atom stereocenters. The fourth-order valence-electron chi connectivity index (χ4n) is 4.20. The Morgan fingerprint density at radius 1 is 1.14 bits per heavy atom. The lowest BCUT2D eigenvalue weighted by Crippen LogP contribution is -2.29. The highest BCUT2D eigenvalue weighted by atomic mass is 35.5. The predicted molar refractivity (Wildman–Crippen MR) is 141 cm³/mol. The van der Waals surface area contributed by atoms with E-state index in [1.165, 1.54) is 29.4 Å². The SMILES string of the molecule is COc1cc(/C(O)=C2\C(=O)C(=O)N(c3nc4ccc(C(C)C)cc4s3)C2c2ccccn2)ccc1Cl. The maximum absolute atomic E-state index is 13.4. The van der Waals surface area contributed by atoms with Gasteiger partial charge in [-0.2, -0.15) is 0 Å². The molecule has 0 spiro atoms. The molecule has 3 heterocycles. The van der Waals surface area contributed by atoms with Gasteiger partial charge in [0.25, 0.3) is 5.78 Å². The first-order chi connectivity index (χ1) is 17.3. The van der Waals surface area contributed by atoms with Crippen molar-refractivity contribution in [2.75, 3.05) is 12.0 Å². The van der Waals surface area contributed by atoms with Crippen LogP contribution in [-0.2, 0) is 9.59 Å². The third kappa shape index (κ3) is 4.02. The minimum absolute atomic E-state index is 0.0785. The van der Waals surface area contributed by atoms with Crippen LogP contribution < -0.4 is 9.64 Å². The van der Waals surface area contributed by atoms with Gasteiger partial charge in [0.15, 0.2) is 5.13 Å². The lowest BCUT2D eigenvalue weighted by atomic mass is 9.98. The molecule has 1 saturated heterocycles. The van der Waals surface area contributed by atoms with E-state index in [-0.39, 0.29) is 11.3 Å². The second-order valence-electron chi connectivity index (χ2n) is 8.65. The van der Waals surface area contributed by atoms with Gasteiger partial charge in [-0.05, 0) is 53.9 Å². The van der Waals surface area contributed by atoms with E-state index in [0.29, 0.717) is 33.1 Å². The molecule has 1 aliphatic rings. The molecule has 7 nitrogen and oxygen atoms in total. The van der Waals surface area contributed by atoms with Gasteiger partial charge in [0.1, 0.15) is 17.6 Å². The summed E-state index contributed by atoms with van der Waals surface area (Å²) in [5.41, 5.74) is 2.52. The maximum Gasteiger partial charge on any atom is 0.301 e. The van der Waals surface area contributed by atoms with Crippen LogP contribution in [0.15, 0.2) is 66.4 Å². The van der Waals surface area contributed by atoms with Gasteiger partial charge in [0, 0.05) is 11.8 Å². The lowest BCUT2D eigenvalue weighted by Gasteiger charge is -2.22. The highest BCUT2D eigenvalue weighted by Crippen LogP contribution is 2.44. The van der Waals surface area contributed by atoms with Gasteiger partial charge in [0.2, 0.25) is 0 Å². The number of aliphatic hydroxyl groups excluding tert-OH is 1. The van der Waals surface area contributed by atoms with Crippen LogP contribution >= 0.6 is 22.9 Å². The van der Waals surface area contributed by atoms with Gasteiger partial charge in [-0.3, -0.25) is 19.5 Å². The fraction of sp³-hybridized carbons (Fsp3) is 0.185. The average molecular weight is 520 g/mol. The minimum Gasteiger partial charge on any atom is -0.507 e. The zero-order chi connectivity index (χ0) is 25.6. The smallest absolute Gasteiger partial charge is 0.301 e. The molecule has 2 aromatic heterocycles. The monoisotopic (exact) mass is 519 g/mol. The molecule has 1 fully saturated rings. The first-order valence-corrected chi connectivity index (χ1v) is 12.5. The molecule has 182 valence electrons. The van der Waals surface area contributed by atoms with E-state index in [0.717, 1.165) is 15.8 Å². The number of amides is 1. The van der Waals surface area contributed by atoms with Crippen LogP contribution in [-0.4, -0.2) is 33.9 Å². The molecule has 4 aromatic rings. The van der Waals surface area contributed by atoms with Crippen molar-refractivity contribution in [2.24, 2.45) is 0 Å². The standard InChI is InChI=1S/C27H22ClN3O4S/c1-14(2)15-8-10-18-21(13-15)36-27(30-18)31-23(19-6-4-5-11-29-19)22(25(33)26(31)34)24(32)16-7-9-17(28)20(12-16)35-3/h4-14,23,32H,1-3H3/b24-22+. The summed E-state index contributed by atoms with van der Waals surface area (Å²) in [6.07, 6.45) is 1.58. The first-order valence-electron chi connectivity index (χ1n) is 11.3. The van der Waals surface area contributed by atoms with Crippen molar-refractivity contribution in [3.8, 4) is 5.75 Å². The molecule has 9 heteroatoms. The molecule has 0 radical (unpaired) electrons. The molecule has 0 saturated carbocycles. The number of aliphatic hydroxyl groups is 1. The average Bonchev–Trinajstić information content (AvgIpc) is 3.42. The summed E-state index contributed by atoms with van der Waals surface area (Å²) < 4.78 is 6.16. The summed E-state index contributed by atoms with van der Waals surface area (Å²) in [5.74, 6) is -1.28. The van der Waals surface area contributed by atoms with E-state index in [1.54, 1.807) is 36.5 Å².